The average Bonchev–Trinajstić information content (AvgIpc) is 2.98. The number of hydrogen-bond acceptors (Lipinski definition) is 7. The van der Waals surface area contributed by atoms with Crippen LogP contribution in [0.25, 0.3) is 0 Å². The maximum absolute atomic E-state index is 13.6. The fourth-order valence-corrected chi connectivity index (χ4v) is 4.37. The summed E-state index contributed by atoms with van der Waals surface area (Å²) >= 11 is 0. The van der Waals surface area contributed by atoms with Crippen molar-refractivity contribution < 1.29 is 49.7 Å². The van der Waals surface area contributed by atoms with Crippen molar-refractivity contribution in [3.8, 4) is 0 Å². The summed E-state index contributed by atoms with van der Waals surface area (Å²) in [5.74, 6) is -6.14. The van der Waals surface area contributed by atoms with Gasteiger partial charge in [0.1, 0.15) is 18.3 Å². The summed E-state index contributed by atoms with van der Waals surface area (Å²) in [6.07, 6.45) is -6.92. The van der Waals surface area contributed by atoms with Crippen LogP contribution in [-0.2, 0) is 32.1 Å². The molecule has 2 aliphatic heterocycles. The summed E-state index contributed by atoms with van der Waals surface area (Å²) in [6.45, 7) is 1.39. The zero-order valence-electron chi connectivity index (χ0n) is 14.6. The zero-order chi connectivity index (χ0) is 21.5. The molecule has 2 heterocycles. The molecule has 6 unspecified atom stereocenters. The first-order chi connectivity index (χ1) is 13.1. The van der Waals surface area contributed by atoms with Crippen molar-refractivity contribution in [2.24, 2.45) is 0 Å². The van der Waals surface area contributed by atoms with E-state index in [0.29, 0.717) is 0 Å². The highest BCUT2D eigenvalue weighted by atomic mass is 32.0. The molecule has 0 aliphatic carbocycles. The molecule has 0 aromatic rings. The Kier molecular flexibility index (Phi) is 12.9. The van der Waals surface area contributed by atoms with E-state index >= 15 is 0 Å². The van der Waals surface area contributed by atoms with Crippen molar-refractivity contribution in [2.75, 3.05) is 13.2 Å². The lowest BCUT2D eigenvalue weighted by Crippen LogP contribution is -2.41. The number of hydrogen-bond donors (Lipinski definition) is 0. The van der Waals surface area contributed by atoms with Crippen molar-refractivity contribution in [3.05, 3.63) is 0 Å². The Bertz CT molecular complexity index is 471. The minimum atomic E-state index is -3.18. The van der Waals surface area contributed by atoms with Crippen LogP contribution in [0, 0.1) is 0 Å². The number of halogens is 4. The van der Waals surface area contributed by atoms with Crippen molar-refractivity contribution in [2.45, 2.75) is 55.6 Å². The SMILES string of the molecule is C[C@H]1O[C@H](COP)[C@H](OP)C1(F)F.FC1(F)[C@H](OPP)O[C@H](COP)[C@@H]1OP. The minimum Gasteiger partial charge on any atom is -0.364 e. The van der Waals surface area contributed by atoms with Gasteiger partial charge in [-0.3, -0.25) is 0 Å². The van der Waals surface area contributed by atoms with E-state index in [0.717, 1.165) is 0 Å². The fraction of sp³-hybridized carbons (Fsp3) is 1.00. The van der Waals surface area contributed by atoms with Crippen LogP contribution in [-0.4, -0.2) is 61.9 Å². The van der Waals surface area contributed by atoms with Crippen LogP contribution in [0.15, 0.2) is 0 Å². The van der Waals surface area contributed by atoms with E-state index < -0.39 is 48.7 Å². The molecule has 2 fully saturated rings. The molecule has 2 rings (SSSR count). The van der Waals surface area contributed by atoms with Gasteiger partial charge in [0, 0.05) is 46.4 Å². The summed E-state index contributed by atoms with van der Waals surface area (Å²) in [5.41, 5.74) is 0. The van der Waals surface area contributed by atoms with Gasteiger partial charge < -0.3 is 32.1 Å². The van der Waals surface area contributed by atoms with Gasteiger partial charge in [0.15, 0.2) is 12.2 Å². The summed E-state index contributed by atoms with van der Waals surface area (Å²) in [4.78, 5) is 0. The number of rotatable bonds is 8. The molecule has 28 heavy (non-hydrogen) atoms. The Balaban J connectivity index is 0.000000283. The van der Waals surface area contributed by atoms with Gasteiger partial charge >= 0.3 is 11.8 Å². The predicted molar refractivity (Wildman–Crippen MR) is 112 cm³/mol. The van der Waals surface area contributed by atoms with Gasteiger partial charge in [0.25, 0.3) is 0 Å². The van der Waals surface area contributed by atoms with E-state index in [1.807, 2.05) is 37.9 Å². The van der Waals surface area contributed by atoms with Crippen LogP contribution in [0.1, 0.15) is 6.92 Å². The van der Waals surface area contributed by atoms with Crippen LogP contribution in [0.5, 0.6) is 0 Å². The average molecular weight is 530 g/mol. The van der Waals surface area contributed by atoms with Crippen molar-refractivity contribution in [3.63, 3.8) is 0 Å². The minimum absolute atomic E-state index is 0.000842. The highest BCUT2D eigenvalue weighted by Crippen LogP contribution is 2.43. The molecule has 12 atom stereocenters. The molecule has 0 radical (unpaired) electrons. The Labute approximate surface area is 174 Å². The van der Waals surface area contributed by atoms with E-state index in [2.05, 4.69) is 27.0 Å². The van der Waals surface area contributed by atoms with E-state index in [1.165, 1.54) is 6.92 Å². The Hall–Kier alpha value is 2.02. The van der Waals surface area contributed by atoms with E-state index in [9.17, 15) is 17.6 Å². The van der Waals surface area contributed by atoms with Crippen molar-refractivity contribution >= 4 is 55.3 Å². The van der Waals surface area contributed by atoms with Crippen molar-refractivity contribution in [1.82, 2.24) is 0 Å². The predicted octanol–water partition coefficient (Wildman–Crippen LogP) is 3.12. The first-order valence-corrected chi connectivity index (χ1v) is 12.2. The van der Waals surface area contributed by atoms with Crippen LogP contribution >= 0.6 is 55.3 Å². The molecule has 0 aromatic carbocycles. The van der Waals surface area contributed by atoms with Gasteiger partial charge in [0.2, 0.25) is 6.29 Å². The molecule has 168 valence electrons. The highest BCUT2D eigenvalue weighted by molar-refractivity contribution is 8.00. The molecule has 7 nitrogen and oxygen atoms in total. The third kappa shape index (κ3) is 6.76. The Morgan fingerprint density at radius 2 is 1.32 bits per heavy atom. The van der Waals surface area contributed by atoms with Crippen LogP contribution in [0.4, 0.5) is 17.6 Å². The molecule has 0 N–H and O–H groups in total. The lowest BCUT2D eigenvalue weighted by atomic mass is 10.1. The topological polar surface area (TPSA) is 64.6 Å². The second-order valence-corrected chi connectivity index (χ2v) is 8.08. The Morgan fingerprint density at radius 1 is 0.857 bits per heavy atom. The first kappa shape index (κ1) is 28.1. The number of alkyl halides is 4. The van der Waals surface area contributed by atoms with E-state index in [4.69, 9.17) is 14.0 Å². The zero-order valence-corrected chi connectivity index (χ0v) is 21.4. The van der Waals surface area contributed by atoms with Gasteiger partial charge in [-0.1, -0.05) is 8.93 Å². The molecule has 0 aromatic heterocycles. The van der Waals surface area contributed by atoms with Gasteiger partial charge in [-0.05, 0) is 6.92 Å². The summed E-state index contributed by atoms with van der Waals surface area (Å²) in [7, 11) is 9.67. The molecule has 17 heteroatoms. The van der Waals surface area contributed by atoms with Crippen LogP contribution < -0.4 is 0 Å². The maximum atomic E-state index is 13.6. The standard InChI is InChI=1S/C6H12F2O3P2.C5H12F2O4P4/c1-3-6(7,8)5(11-13)4(10-3)2-9-12;6-5(7)3(10-13)2(1-8-12)9-4(5)11-15-14/h3-5H,2,12-13H2,1H3;2-4,15H,1,12-14H2/t3-,4-,5+;2-,3+,4+/m11/s1. The van der Waals surface area contributed by atoms with Gasteiger partial charge in [-0.15, -0.1) is 0 Å². The third-order valence-corrected chi connectivity index (χ3v) is 5.69. The smallest absolute Gasteiger partial charge is 0.326 e. The molecule has 2 saturated heterocycles. The molecule has 2 aliphatic rings. The lowest BCUT2D eigenvalue weighted by molar-refractivity contribution is -0.176. The Morgan fingerprint density at radius 3 is 1.75 bits per heavy atom. The molecular weight excluding hydrogens is 506 g/mol. The summed E-state index contributed by atoms with van der Waals surface area (Å²) in [5, 5.41) is 0. The monoisotopic (exact) mass is 530 g/mol. The molecule has 0 bridgehead atoms. The van der Waals surface area contributed by atoms with Crippen LogP contribution in [0.2, 0.25) is 0 Å². The first-order valence-electron chi connectivity index (χ1n) is 7.63. The van der Waals surface area contributed by atoms with Gasteiger partial charge in [0.05, 0.1) is 13.2 Å². The highest BCUT2D eigenvalue weighted by Gasteiger charge is 2.60. The second kappa shape index (κ2) is 12.9. The van der Waals surface area contributed by atoms with Gasteiger partial charge in [-0.25, -0.2) is 8.78 Å². The van der Waals surface area contributed by atoms with E-state index in [-0.39, 0.29) is 21.7 Å². The summed E-state index contributed by atoms with van der Waals surface area (Å²) in [6, 6.07) is 0. The van der Waals surface area contributed by atoms with E-state index in [1.54, 1.807) is 0 Å². The number of ether oxygens (including phenoxy) is 2. The van der Waals surface area contributed by atoms with Crippen molar-refractivity contribution in [1.29, 1.82) is 0 Å². The normalized spacial score (nSPS) is 36.6. The fourth-order valence-electron chi connectivity index (χ4n) is 2.57. The third-order valence-electron chi connectivity index (χ3n) is 3.96. The maximum Gasteiger partial charge on any atom is 0.326 e. The quantitative estimate of drug-likeness (QED) is 0.353. The molecule has 0 spiro atoms. The second-order valence-electron chi connectivity index (χ2n) is 5.69. The molecule has 0 amide bonds. The largest absolute Gasteiger partial charge is 0.364 e. The summed E-state index contributed by atoms with van der Waals surface area (Å²) < 4.78 is 87.1. The van der Waals surface area contributed by atoms with Crippen LogP contribution in [0.3, 0.4) is 0 Å². The lowest BCUT2D eigenvalue weighted by Gasteiger charge is -2.21. The molecule has 0 saturated carbocycles. The molecular formula is C11H24F4O7P6. The van der Waals surface area contributed by atoms with Gasteiger partial charge in [-0.2, -0.15) is 8.78 Å².